The highest BCUT2D eigenvalue weighted by atomic mass is 32.2. The second-order valence-electron chi connectivity index (χ2n) is 4.86. The number of nitrogens with zero attached hydrogens (tertiary/aromatic N) is 3. The van der Waals surface area contributed by atoms with Gasteiger partial charge in [-0.3, -0.25) is 9.36 Å². The number of carbonyl (C=O) groups excluding carboxylic acids is 1. The number of benzene rings is 1. The molecule has 1 atom stereocenters. The van der Waals surface area contributed by atoms with Gasteiger partial charge in [0.15, 0.2) is 5.16 Å². The van der Waals surface area contributed by atoms with Gasteiger partial charge in [-0.05, 0) is 31.9 Å². The quantitative estimate of drug-likeness (QED) is 0.855. The lowest BCUT2D eigenvalue weighted by atomic mass is 10.3. The summed E-state index contributed by atoms with van der Waals surface area (Å²) in [7, 11) is 0. The zero-order chi connectivity index (χ0) is 13.9. The lowest BCUT2D eigenvalue weighted by Gasteiger charge is -2.11. The van der Waals surface area contributed by atoms with E-state index in [2.05, 4.69) is 15.5 Å². The van der Waals surface area contributed by atoms with Gasteiger partial charge in [0.25, 0.3) is 0 Å². The van der Waals surface area contributed by atoms with E-state index >= 15 is 0 Å². The Balaban J connectivity index is 1.71. The Kier molecular flexibility index (Phi) is 3.73. The van der Waals surface area contributed by atoms with Gasteiger partial charge in [0.05, 0.1) is 5.25 Å². The Hall–Kier alpha value is -1.82. The van der Waals surface area contributed by atoms with Gasteiger partial charge < -0.3 is 5.32 Å². The molecule has 1 heterocycles. The fourth-order valence-corrected chi connectivity index (χ4v) is 2.68. The zero-order valence-corrected chi connectivity index (χ0v) is 12.0. The molecule has 0 aliphatic heterocycles. The third kappa shape index (κ3) is 3.01. The number of hydrogen-bond donors (Lipinski definition) is 1. The van der Waals surface area contributed by atoms with Gasteiger partial charge in [-0.15, -0.1) is 10.2 Å². The highest BCUT2D eigenvalue weighted by Crippen LogP contribution is 2.25. The molecule has 0 radical (unpaired) electrons. The molecule has 1 saturated carbocycles. The van der Waals surface area contributed by atoms with Crippen molar-refractivity contribution in [3.63, 3.8) is 0 Å². The molecule has 0 spiro atoms. The van der Waals surface area contributed by atoms with Crippen molar-refractivity contribution in [2.75, 3.05) is 0 Å². The van der Waals surface area contributed by atoms with Crippen LogP contribution in [-0.2, 0) is 4.79 Å². The largest absolute Gasteiger partial charge is 0.352 e. The maximum atomic E-state index is 12.0. The van der Waals surface area contributed by atoms with Crippen LogP contribution >= 0.6 is 11.8 Å². The Morgan fingerprint density at radius 3 is 2.85 bits per heavy atom. The summed E-state index contributed by atoms with van der Waals surface area (Å²) in [6.45, 7) is 1.90. The number of aromatic nitrogens is 3. The Morgan fingerprint density at radius 2 is 2.15 bits per heavy atom. The molecule has 20 heavy (non-hydrogen) atoms. The number of hydrogen-bond acceptors (Lipinski definition) is 4. The minimum atomic E-state index is -0.178. The number of rotatable bonds is 5. The van der Waals surface area contributed by atoms with Crippen LogP contribution in [0, 0.1) is 0 Å². The lowest BCUT2D eigenvalue weighted by Crippen LogP contribution is -2.32. The van der Waals surface area contributed by atoms with E-state index < -0.39 is 0 Å². The van der Waals surface area contributed by atoms with Crippen molar-refractivity contribution in [2.24, 2.45) is 0 Å². The minimum absolute atomic E-state index is 0.0695. The summed E-state index contributed by atoms with van der Waals surface area (Å²) in [5.41, 5.74) is 0.995. The normalized spacial score (nSPS) is 15.8. The predicted molar refractivity (Wildman–Crippen MR) is 77.8 cm³/mol. The van der Waals surface area contributed by atoms with Crippen LogP contribution in [0.4, 0.5) is 0 Å². The van der Waals surface area contributed by atoms with Gasteiger partial charge in [0.1, 0.15) is 6.33 Å². The fourth-order valence-electron chi connectivity index (χ4n) is 1.83. The highest BCUT2D eigenvalue weighted by molar-refractivity contribution is 8.00. The van der Waals surface area contributed by atoms with Crippen LogP contribution in [0.1, 0.15) is 19.8 Å². The van der Waals surface area contributed by atoms with E-state index in [1.165, 1.54) is 11.8 Å². The topological polar surface area (TPSA) is 59.8 Å². The molecule has 1 amide bonds. The van der Waals surface area contributed by atoms with E-state index in [-0.39, 0.29) is 11.2 Å². The Morgan fingerprint density at radius 1 is 1.40 bits per heavy atom. The predicted octanol–water partition coefficient (Wildman–Crippen LogP) is 2.03. The second kappa shape index (κ2) is 5.66. The van der Waals surface area contributed by atoms with E-state index in [0.29, 0.717) is 6.04 Å². The lowest BCUT2D eigenvalue weighted by molar-refractivity contribution is -0.120. The molecule has 1 aromatic heterocycles. The first-order chi connectivity index (χ1) is 9.74. The van der Waals surface area contributed by atoms with Crippen LogP contribution < -0.4 is 5.32 Å². The maximum Gasteiger partial charge on any atom is 0.233 e. The summed E-state index contributed by atoms with van der Waals surface area (Å²) in [6, 6.07) is 10.3. The van der Waals surface area contributed by atoms with Gasteiger partial charge in [0, 0.05) is 11.7 Å². The second-order valence-corrected chi connectivity index (χ2v) is 6.17. The molecule has 1 fully saturated rings. The SMILES string of the molecule is CC(Sc1nncn1-c1ccccc1)C(=O)NC1CC1. The first-order valence-corrected chi connectivity index (χ1v) is 7.54. The molecule has 0 bridgehead atoms. The van der Waals surface area contributed by atoms with E-state index in [0.717, 1.165) is 23.7 Å². The van der Waals surface area contributed by atoms with Crippen molar-refractivity contribution >= 4 is 17.7 Å². The van der Waals surface area contributed by atoms with Crippen molar-refractivity contribution in [3.05, 3.63) is 36.7 Å². The van der Waals surface area contributed by atoms with Crippen molar-refractivity contribution in [3.8, 4) is 5.69 Å². The number of carbonyl (C=O) groups is 1. The summed E-state index contributed by atoms with van der Waals surface area (Å²) in [6.07, 6.45) is 3.87. The zero-order valence-electron chi connectivity index (χ0n) is 11.2. The summed E-state index contributed by atoms with van der Waals surface area (Å²) >= 11 is 1.43. The van der Waals surface area contributed by atoms with Gasteiger partial charge in [-0.25, -0.2) is 0 Å². The molecule has 1 aromatic carbocycles. The van der Waals surface area contributed by atoms with Crippen LogP contribution in [0.2, 0.25) is 0 Å². The van der Waals surface area contributed by atoms with Crippen LogP contribution in [0.3, 0.4) is 0 Å². The van der Waals surface area contributed by atoms with E-state index in [9.17, 15) is 4.79 Å². The highest BCUT2D eigenvalue weighted by Gasteiger charge is 2.26. The molecule has 2 aromatic rings. The summed E-state index contributed by atoms with van der Waals surface area (Å²) in [5, 5.41) is 11.6. The van der Waals surface area contributed by atoms with Crippen molar-refractivity contribution in [2.45, 2.75) is 36.2 Å². The maximum absolute atomic E-state index is 12.0. The number of thioether (sulfide) groups is 1. The molecule has 1 aliphatic carbocycles. The first kappa shape index (κ1) is 13.2. The molecule has 104 valence electrons. The van der Waals surface area contributed by atoms with E-state index in [1.807, 2.05) is 41.8 Å². The van der Waals surface area contributed by atoms with E-state index in [4.69, 9.17) is 0 Å². The molecular weight excluding hydrogens is 272 g/mol. The van der Waals surface area contributed by atoms with Crippen molar-refractivity contribution in [1.82, 2.24) is 20.1 Å². The average molecular weight is 288 g/mol. The summed E-state index contributed by atoms with van der Waals surface area (Å²) in [5.74, 6) is 0.0695. The van der Waals surface area contributed by atoms with Crippen molar-refractivity contribution in [1.29, 1.82) is 0 Å². The summed E-state index contributed by atoms with van der Waals surface area (Å²) < 4.78 is 1.89. The number of para-hydroxylation sites is 1. The van der Waals surface area contributed by atoms with E-state index in [1.54, 1.807) is 6.33 Å². The number of amides is 1. The molecular formula is C14H16N4OS. The average Bonchev–Trinajstić information content (AvgIpc) is 3.16. The minimum Gasteiger partial charge on any atom is -0.352 e. The van der Waals surface area contributed by atoms with Crippen LogP contribution in [0.15, 0.2) is 41.8 Å². The molecule has 1 N–H and O–H groups in total. The van der Waals surface area contributed by atoms with Crippen molar-refractivity contribution < 1.29 is 4.79 Å². The van der Waals surface area contributed by atoms with Gasteiger partial charge in [-0.2, -0.15) is 0 Å². The summed E-state index contributed by atoms with van der Waals surface area (Å²) in [4.78, 5) is 12.0. The Labute approximate surface area is 121 Å². The van der Waals surface area contributed by atoms with Crippen LogP contribution in [0.5, 0.6) is 0 Å². The fraction of sp³-hybridized carbons (Fsp3) is 0.357. The molecule has 1 unspecified atom stereocenters. The monoisotopic (exact) mass is 288 g/mol. The third-order valence-electron chi connectivity index (χ3n) is 3.13. The van der Waals surface area contributed by atoms with Gasteiger partial charge >= 0.3 is 0 Å². The smallest absolute Gasteiger partial charge is 0.233 e. The van der Waals surface area contributed by atoms with Crippen LogP contribution in [-0.4, -0.2) is 32.0 Å². The Bertz CT molecular complexity index is 594. The third-order valence-corrected chi connectivity index (χ3v) is 4.18. The number of nitrogens with one attached hydrogen (secondary N) is 1. The van der Waals surface area contributed by atoms with Gasteiger partial charge in [0.2, 0.25) is 5.91 Å². The molecule has 3 rings (SSSR count). The first-order valence-electron chi connectivity index (χ1n) is 6.66. The van der Waals surface area contributed by atoms with Crippen LogP contribution in [0.25, 0.3) is 5.69 Å². The standard InChI is InChI=1S/C14H16N4OS/c1-10(13(19)16-11-7-8-11)20-14-17-15-9-18(14)12-5-3-2-4-6-12/h2-6,9-11H,7-8H2,1H3,(H,16,19). The molecule has 1 aliphatic rings. The molecule has 6 heteroatoms. The van der Waals surface area contributed by atoms with Gasteiger partial charge in [-0.1, -0.05) is 30.0 Å². The molecule has 0 saturated heterocycles. The molecule has 5 nitrogen and oxygen atoms in total.